The lowest BCUT2D eigenvalue weighted by atomic mass is 10.2. The van der Waals surface area contributed by atoms with Crippen molar-refractivity contribution in [3.05, 3.63) is 81.1 Å². The van der Waals surface area contributed by atoms with Crippen molar-refractivity contribution in [3.63, 3.8) is 0 Å². The monoisotopic (exact) mass is 581 g/mol. The summed E-state index contributed by atoms with van der Waals surface area (Å²) in [6.07, 6.45) is -0.449. The lowest BCUT2D eigenvalue weighted by Crippen LogP contribution is -2.51. The highest BCUT2D eigenvalue weighted by molar-refractivity contribution is 7.21. The van der Waals surface area contributed by atoms with E-state index in [4.69, 9.17) is 4.74 Å². The van der Waals surface area contributed by atoms with E-state index >= 15 is 0 Å². The zero-order valence-electron chi connectivity index (χ0n) is 23.0. The van der Waals surface area contributed by atoms with Gasteiger partial charge in [0.1, 0.15) is 38.4 Å². The Bertz CT molecular complexity index is 1680. The number of carbonyl (C=O) groups is 2. The quantitative estimate of drug-likeness (QED) is 0.343. The number of piperazine rings is 1. The number of fused-ring (bicyclic) bond motifs is 1. The van der Waals surface area contributed by atoms with Crippen molar-refractivity contribution in [1.82, 2.24) is 19.4 Å². The zero-order chi connectivity index (χ0) is 29.5. The topological polar surface area (TPSA) is 96.8 Å². The minimum absolute atomic E-state index is 0.201. The maximum absolute atomic E-state index is 14.9. The summed E-state index contributed by atoms with van der Waals surface area (Å²) in [5.41, 5.74) is -0.694. The van der Waals surface area contributed by atoms with Crippen molar-refractivity contribution in [2.75, 3.05) is 31.5 Å². The first-order valence-corrected chi connectivity index (χ1v) is 13.9. The Morgan fingerprint density at radius 2 is 1.59 bits per heavy atom. The van der Waals surface area contributed by atoms with Crippen LogP contribution >= 0.6 is 11.3 Å². The number of benzene rings is 1. The Kier molecular flexibility index (Phi) is 7.52. The highest BCUT2D eigenvalue weighted by atomic mass is 32.1. The van der Waals surface area contributed by atoms with E-state index < -0.39 is 34.6 Å². The Hall–Kier alpha value is -4.32. The number of anilines is 2. The molecule has 1 saturated heterocycles. The molecule has 0 saturated carbocycles. The average Bonchev–Trinajstić information content (AvgIpc) is 3.26. The molecular formula is C29H29F2N5O4S. The third kappa shape index (κ3) is 5.78. The number of halogens is 2. The second-order valence-electron chi connectivity index (χ2n) is 10.7. The summed E-state index contributed by atoms with van der Waals surface area (Å²) in [4.78, 5) is 47.5. The largest absolute Gasteiger partial charge is 0.444 e. The fraction of sp³-hybridized carbons (Fsp3) is 0.310. The van der Waals surface area contributed by atoms with Crippen LogP contribution in [0, 0.1) is 18.6 Å². The highest BCUT2D eigenvalue weighted by Crippen LogP contribution is 2.39. The van der Waals surface area contributed by atoms with E-state index in [1.165, 1.54) is 18.2 Å². The van der Waals surface area contributed by atoms with Crippen LogP contribution in [0.4, 0.5) is 25.1 Å². The van der Waals surface area contributed by atoms with Crippen LogP contribution in [0.25, 0.3) is 15.9 Å². The molecule has 0 unspecified atom stereocenters. The molecule has 0 radical (unpaired) electrons. The van der Waals surface area contributed by atoms with Gasteiger partial charge < -0.3 is 19.9 Å². The van der Waals surface area contributed by atoms with E-state index in [9.17, 15) is 23.2 Å². The van der Waals surface area contributed by atoms with Gasteiger partial charge in [0.05, 0.1) is 5.69 Å². The second-order valence-corrected chi connectivity index (χ2v) is 11.7. The molecule has 2 amide bonds. The molecule has 0 atom stereocenters. The van der Waals surface area contributed by atoms with Crippen LogP contribution in [0.15, 0.2) is 53.3 Å². The summed E-state index contributed by atoms with van der Waals surface area (Å²) in [7, 11) is 0. The number of amides is 2. The molecule has 1 aliphatic rings. The highest BCUT2D eigenvalue weighted by Gasteiger charge is 2.31. The number of aromatic nitrogens is 2. The summed E-state index contributed by atoms with van der Waals surface area (Å²) in [6.45, 7) is 8.25. The average molecular weight is 582 g/mol. The van der Waals surface area contributed by atoms with Crippen molar-refractivity contribution in [3.8, 4) is 5.69 Å². The van der Waals surface area contributed by atoms with Gasteiger partial charge in [0.15, 0.2) is 0 Å². The van der Waals surface area contributed by atoms with Gasteiger partial charge in [-0.3, -0.25) is 14.2 Å². The van der Waals surface area contributed by atoms with Gasteiger partial charge in [-0.25, -0.2) is 18.6 Å². The summed E-state index contributed by atoms with van der Waals surface area (Å²) in [5.74, 6) is -1.70. The van der Waals surface area contributed by atoms with Crippen LogP contribution in [-0.2, 0) is 4.74 Å². The molecule has 3 aromatic heterocycles. The summed E-state index contributed by atoms with van der Waals surface area (Å²) in [6, 6.07) is 11.5. The molecule has 41 heavy (non-hydrogen) atoms. The number of hydrogen-bond donors (Lipinski definition) is 1. The zero-order valence-corrected chi connectivity index (χ0v) is 23.8. The predicted octanol–water partition coefficient (Wildman–Crippen LogP) is 5.47. The number of rotatable bonds is 4. The summed E-state index contributed by atoms with van der Waals surface area (Å²) < 4.78 is 36.1. The van der Waals surface area contributed by atoms with E-state index in [-0.39, 0.29) is 41.8 Å². The van der Waals surface area contributed by atoms with Crippen LogP contribution in [0.1, 0.15) is 36.1 Å². The van der Waals surface area contributed by atoms with Gasteiger partial charge in [-0.15, -0.1) is 11.3 Å². The molecule has 0 spiro atoms. The van der Waals surface area contributed by atoms with Gasteiger partial charge in [0, 0.05) is 43.3 Å². The number of ether oxygens (including phenoxy) is 1. The molecule has 1 N–H and O–H groups in total. The van der Waals surface area contributed by atoms with E-state index in [2.05, 4.69) is 10.3 Å². The summed E-state index contributed by atoms with van der Waals surface area (Å²) in [5, 5.41) is 3.63. The molecule has 1 aromatic carbocycles. The van der Waals surface area contributed by atoms with Crippen LogP contribution in [-0.4, -0.2) is 63.1 Å². The molecule has 4 heterocycles. The van der Waals surface area contributed by atoms with Crippen LogP contribution in [0.2, 0.25) is 0 Å². The third-order valence-corrected chi connectivity index (χ3v) is 7.64. The maximum Gasteiger partial charge on any atom is 0.410 e. The van der Waals surface area contributed by atoms with Gasteiger partial charge >= 0.3 is 6.09 Å². The second kappa shape index (κ2) is 10.9. The Morgan fingerprint density at radius 3 is 2.22 bits per heavy atom. The molecule has 4 aromatic rings. The van der Waals surface area contributed by atoms with Crippen molar-refractivity contribution < 1.29 is 23.1 Å². The lowest BCUT2D eigenvalue weighted by molar-refractivity contribution is 0.0141. The van der Waals surface area contributed by atoms with Crippen LogP contribution in [0.5, 0.6) is 0 Å². The van der Waals surface area contributed by atoms with Gasteiger partial charge in [-0.05, 0) is 58.0 Å². The van der Waals surface area contributed by atoms with Crippen LogP contribution in [0.3, 0.4) is 0 Å². The number of pyridine rings is 2. The van der Waals surface area contributed by atoms with Crippen molar-refractivity contribution in [2.24, 2.45) is 0 Å². The molecule has 12 heteroatoms. The van der Waals surface area contributed by atoms with Crippen molar-refractivity contribution in [1.29, 1.82) is 0 Å². The number of thiophene rings is 1. The standard InChI is InChI=1S/C29H29F2N5O4S/c1-17-7-5-10-21(32-17)33-23-18-11-12-22(37)36(24-19(30)8-6-9-20(24)31)27(18)41-25(23)26(38)34-13-15-35(16-14-34)28(39)40-29(2,3)4/h5-12H,13-16H2,1-4H3,(H,32,33). The third-order valence-electron chi connectivity index (χ3n) is 6.46. The predicted molar refractivity (Wildman–Crippen MR) is 153 cm³/mol. The SMILES string of the molecule is Cc1cccc(Nc2c(C(=O)N3CCN(C(=O)OC(C)(C)C)CC3)sc3c2ccc(=O)n3-c2c(F)cccc2F)n1. The Balaban J connectivity index is 1.57. The molecule has 0 bridgehead atoms. The first-order valence-electron chi connectivity index (χ1n) is 13.0. The summed E-state index contributed by atoms with van der Waals surface area (Å²) >= 11 is 0.960. The van der Waals surface area contributed by atoms with E-state index in [1.54, 1.807) is 42.7 Å². The number of carbonyl (C=O) groups excluding carboxylic acids is 2. The number of nitrogens with zero attached hydrogens (tertiary/aromatic N) is 4. The van der Waals surface area contributed by atoms with Gasteiger partial charge in [0.2, 0.25) is 0 Å². The van der Waals surface area contributed by atoms with Gasteiger partial charge in [0.25, 0.3) is 11.5 Å². The molecule has 9 nitrogen and oxygen atoms in total. The first kappa shape index (κ1) is 28.2. The molecule has 5 rings (SSSR count). The smallest absolute Gasteiger partial charge is 0.410 e. The minimum Gasteiger partial charge on any atom is -0.444 e. The Labute approximate surface area is 239 Å². The van der Waals surface area contributed by atoms with Gasteiger partial charge in [-0.1, -0.05) is 12.1 Å². The number of aryl methyl sites for hydroxylation is 1. The van der Waals surface area contributed by atoms with E-state index in [1.807, 2.05) is 13.0 Å². The molecule has 214 valence electrons. The van der Waals surface area contributed by atoms with E-state index in [0.717, 1.165) is 33.7 Å². The maximum atomic E-state index is 14.9. The normalized spacial score (nSPS) is 13.9. The fourth-order valence-electron chi connectivity index (χ4n) is 4.57. The molecule has 0 aliphatic carbocycles. The molecule has 1 fully saturated rings. The lowest BCUT2D eigenvalue weighted by Gasteiger charge is -2.35. The van der Waals surface area contributed by atoms with Crippen molar-refractivity contribution >= 4 is 45.1 Å². The first-order chi connectivity index (χ1) is 19.4. The van der Waals surface area contributed by atoms with Crippen molar-refractivity contribution in [2.45, 2.75) is 33.3 Å². The number of hydrogen-bond acceptors (Lipinski definition) is 7. The minimum atomic E-state index is -0.908. The molecular weight excluding hydrogens is 552 g/mol. The number of nitrogens with one attached hydrogen (secondary N) is 1. The van der Waals surface area contributed by atoms with Gasteiger partial charge in [-0.2, -0.15) is 0 Å². The number of para-hydroxylation sites is 1. The fourth-order valence-corrected chi connectivity index (χ4v) is 5.80. The Morgan fingerprint density at radius 1 is 0.951 bits per heavy atom. The van der Waals surface area contributed by atoms with Crippen LogP contribution < -0.4 is 10.9 Å². The molecule has 1 aliphatic heterocycles. The van der Waals surface area contributed by atoms with E-state index in [0.29, 0.717) is 16.9 Å².